The molecule has 0 amide bonds. The maximum Gasteiger partial charge on any atom is 0.118 e. The van der Waals surface area contributed by atoms with E-state index in [-0.39, 0.29) is 0 Å². The summed E-state index contributed by atoms with van der Waals surface area (Å²) < 4.78 is 5.16. The largest absolute Gasteiger partial charge is 0.497 e. The van der Waals surface area contributed by atoms with Crippen LogP contribution in [0.25, 0.3) is 0 Å². The van der Waals surface area contributed by atoms with E-state index < -0.39 is 0 Å². The Kier molecular flexibility index (Phi) is 6.98. The lowest BCUT2D eigenvalue weighted by Gasteiger charge is -2.17. The van der Waals surface area contributed by atoms with Gasteiger partial charge in [0.1, 0.15) is 5.75 Å². The quantitative estimate of drug-likeness (QED) is 0.711. The number of hydrogen-bond donors (Lipinski definition) is 1. The molecule has 18 heavy (non-hydrogen) atoms. The number of hydrogen-bond acceptors (Lipinski definition) is 2. The fraction of sp³-hybridized carbons (Fsp3) is 0.500. The summed E-state index contributed by atoms with van der Waals surface area (Å²) in [5.41, 5.74) is 1.32. The fourth-order valence-corrected chi connectivity index (χ4v) is 1.93. The molecule has 1 atom stereocenters. The Morgan fingerprint density at radius 1 is 1.33 bits per heavy atom. The molecule has 1 N–H and O–H groups in total. The second-order valence-corrected chi connectivity index (χ2v) is 4.45. The molecular formula is C16H23NO. The first kappa shape index (κ1) is 14.6. The lowest BCUT2D eigenvalue weighted by atomic mass is 10.0. The lowest BCUT2D eigenvalue weighted by Crippen LogP contribution is -2.31. The summed E-state index contributed by atoms with van der Waals surface area (Å²) in [4.78, 5) is 0. The van der Waals surface area contributed by atoms with E-state index >= 15 is 0 Å². The van der Waals surface area contributed by atoms with Gasteiger partial charge in [-0.25, -0.2) is 0 Å². The number of nitrogens with one attached hydrogen (secondary N) is 1. The van der Waals surface area contributed by atoms with Gasteiger partial charge in [-0.05, 0) is 43.5 Å². The van der Waals surface area contributed by atoms with Crippen LogP contribution in [0.4, 0.5) is 0 Å². The van der Waals surface area contributed by atoms with E-state index in [2.05, 4.69) is 30.3 Å². The van der Waals surface area contributed by atoms with Crippen molar-refractivity contribution in [2.45, 2.75) is 38.6 Å². The summed E-state index contributed by atoms with van der Waals surface area (Å²) in [6.45, 7) is 3.23. The second kappa shape index (κ2) is 8.60. The molecule has 0 spiro atoms. The molecule has 0 fully saturated rings. The van der Waals surface area contributed by atoms with Gasteiger partial charge in [-0.2, -0.15) is 0 Å². The normalized spacial score (nSPS) is 11.8. The molecule has 0 heterocycles. The van der Waals surface area contributed by atoms with E-state index in [0.29, 0.717) is 6.04 Å². The second-order valence-electron chi connectivity index (χ2n) is 4.45. The molecule has 0 saturated heterocycles. The van der Waals surface area contributed by atoms with Crippen molar-refractivity contribution in [3.05, 3.63) is 29.8 Å². The Balaban J connectivity index is 2.54. The third kappa shape index (κ3) is 5.25. The first-order chi connectivity index (χ1) is 8.80. The van der Waals surface area contributed by atoms with Gasteiger partial charge in [-0.1, -0.05) is 19.1 Å². The molecule has 0 radical (unpaired) electrons. The first-order valence-electron chi connectivity index (χ1n) is 6.60. The standard InChI is InChI=1S/C16H23NO/c1-4-6-7-15(17-12-5-2)13-14-8-10-16(18-3)11-9-14/h1,8-11,15,17H,5-7,12-13H2,2-3H3. The van der Waals surface area contributed by atoms with Crippen LogP contribution in [0.5, 0.6) is 5.75 Å². The molecule has 98 valence electrons. The summed E-state index contributed by atoms with van der Waals surface area (Å²) in [5.74, 6) is 3.62. The summed E-state index contributed by atoms with van der Waals surface area (Å²) in [5, 5.41) is 3.55. The number of methoxy groups -OCH3 is 1. The fourth-order valence-electron chi connectivity index (χ4n) is 1.93. The van der Waals surface area contributed by atoms with E-state index in [0.717, 1.165) is 38.0 Å². The van der Waals surface area contributed by atoms with Crippen molar-refractivity contribution in [3.63, 3.8) is 0 Å². The topological polar surface area (TPSA) is 21.3 Å². The molecule has 0 aromatic heterocycles. The van der Waals surface area contributed by atoms with Crippen LogP contribution in [0.3, 0.4) is 0 Å². The number of ether oxygens (including phenoxy) is 1. The van der Waals surface area contributed by atoms with Gasteiger partial charge in [0.2, 0.25) is 0 Å². The Morgan fingerprint density at radius 2 is 2.06 bits per heavy atom. The molecule has 1 rings (SSSR count). The zero-order valence-electron chi connectivity index (χ0n) is 11.4. The van der Waals surface area contributed by atoms with Crippen molar-refractivity contribution in [1.82, 2.24) is 5.32 Å². The van der Waals surface area contributed by atoms with Crippen molar-refractivity contribution in [2.75, 3.05) is 13.7 Å². The number of benzene rings is 1. The predicted octanol–water partition coefficient (Wildman–Crippen LogP) is 3.02. The highest BCUT2D eigenvalue weighted by Gasteiger charge is 2.08. The van der Waals surface area contributed by atoms with E-state index in [1.165, 1.54) is 5.56 Å². The minimum Gasteiger partial charge on any atom is -0.497 e. The minimum atomic E-state index is 0.467. The highest BCUT2D eigenvalue weighted by atomic mass is 16.5. The van der Waals surface area contributed by atoms with Crippen LogP contribution in [-0.4, -0.2) is 19.7 Å². The Bertz CT molecular complexity index is 364. The molecule has 2 nitrogen and oxygen atoms in total. The zero-order valence-corrected chi connectivity index (χ0v) is 11.4. The molecule has 1 aromatic rings. The van der Waals surface area contributed by atoms with Crippen LogP contribution in [0.2, 0.25) is 0 Å². The van der Waals surface area contributed by atoms with Gasteiger partial charge in [0.05, 0.1) is 7.11 Å². The Hall–Kier alpha value is -1.46. The van der Waals surface area contributed by atoms with Crippen LogP contribution < -0.4 is 10.1 Å². The average molecular weight is 245 g/mol. The summed E-state index contributed by atoms with van der Waals surface area (Å²) >= 11 is 0. The van der Waals surface area contributed by atoms with E-state index in [9.17, 15) is 0 Å². The SMILES string of the molecule is C#CCCC(Cc1ccc(OC)cc1)NCCC. The smallest absolute Gasteiger partial charge is 0.118 e. The zero-order chi connectivity index (χ0) is 13.2. The highest BCUT2D eigenvalue weighted by Crippen LogP contribution is 2.14. The maximum absolute atomic E-state index is 5.34. The summed E-state index contributed by atoms with van der Waals surface area (Å²) in [6.07, 6.45) is 9.37. The van der Waals surface area contributed by atoms with Crippen molar-refractivity contribution in [2.24, 2.45) is 0 Å². The van der Waals surface area contributed by atoms with E-state index in [1.54, 1.807) is 7.11 Å². The molecule has 0 aliphatic carbocycles. The van der Waals surface area contributed by atoms with Gasteiger partial charge >= 0.3 is 0 Å². The molecule has 0 aliphatic rings. The molecular weight excluding hydrogens is 222 g/mol. The van der Waals surface area contributed by atoms with Gasteiger partial charge in [0.25, 0.3) is 0 Å². The van der Waals surface area contributed by atoms with Crippen LogP contribution in [0, 0.1) is 12.3 Å². The molecule has 1 unspecified atom stereocenters. The summed E-state index contributed by atoms with van der Waals surface area (Å²) in [7, 11) is 1.69. The van der Waals surface area contributed by atoms with Gasteiger partial charge in [0.15, 0.2) is 0 Å². The molecule has 0 bridgehead atoms. The molecule has 1 aromatic carbocycles. The van der Waals surface area contributed by atoms with Crippen LogP contribution in [0.15, 0.2) is 24.3 Å². The van der Waals surface area contributed by atoms with Gasteiger partial charge < -0.3 is 10.1 Å². The van der Waals surface area contributed by atoms with E-state index in [4.69, 9.17) is 11.2 Å². The predicted molar refractivity (Wildman–Crippen MR) is 76.8 cm³/mol. The maximum atomic E-state index is 5.34. The van der Waals surface area contributed by atoms with Crippen LogP contribution >= 0.6 is 0 Å². The average Bonchev–Trinajstić information content (AvgIpc) is 2.42. The third-order valence-corrected chi connectivity index (χ3v) is 2.96. The Morgan fingerprint density at radius 3 is 2.61 bits per heavy atom. The molecule has 2 heteroatoms. The van der Waals surface area contributed by atoms with E-state index in [1.807, 2.05) is 12.1 Å². The first-order valence-corrected chi connectivity index (χ1v) is 6.60. The minimum absolute atomic E-state index is 0.467. The van der Waals surface area contributed by atoms with Gasteiger partial charge in [-0.15, -0.1) is 12.3 Å². The van der Waals surface area contributed by atoms with Crippen LogP contribution in [-0.2, 0) is 6.42 Å². The third-order valence-electron chi connectivity index (χ3n) is 2.96. The van der Waals surface area contributed by atoms with Gasteiger partial charge in [-0.3, -0.25) is 0 Å². The van der Waals surface area contributed by atoms with Crippen molar-refractivity contribution >= 4 is 0 Å². The monoisotopic (exact) mass is 245 g/mol. The number of rotatable bonds is 8. The highest BCUT2D eigenvalue weighted by molar-refractivity contribution is 5.27. The lowest BCUT2D eigenvalue weighted by molar-refractivity contribution is 0.414. The summed E-state index contributed by atoms with van der Waals surface area (Å²) in [6, 6.07) is 8.72. The molecule has 0 aliphatic heterocycles. The molecule has 0 saturated carbocycles. The van der Waals surface area contributed by atoms with Gasteiger partial charge in [0, 0.05) is 12.5 Å². The van der Waals surface area contributed by atoms with Crippen molar-refractivity contribution < 1.29 is 4.74 Å². The number of terminal acetylenes is 1. The van der Waals surface area contributed by atoms with Crippen LogP contribution in [0.1, 0.15) is 31.7 Å². The van der Waals surface area contributed by atoms with Crippen molar-refractivity contribution in [3.8, 4) is 18.1 Å². The Labute approximate surface area is 111 Å². The van der Waals surface area contributed by atoms with Crippen molar-refractivity contribution in [1.29, 1.82) is 0 Å².